The highest BCUT2D eigenvalue weighted by Crippen LogP contribution is 2.25. The smallest absolute Gasteiger partial charge is 0.0540 e. The highest BCUT2D eigenvalue weighted by atomic mass is 32.1. The standard InChI is InChI=1S/C14H21N3S/c1-5-11-6-7-12(18-11)8-14(15-3)13-9-16-17(4)10(13)2/h6-7,9,14-15H,5,8H2,1-4H3. The van der Waals surface area contributed by atoms with E-state index in [1.54, 1.807) is 0 Å². The van der Waals surface area contributed by atoms with Crippen LogP contribution in [0.3, 0.4) is 0 Å². The highest BCUT2D eigenvalue weighted by Gasteiger charge is 2.16. The number of thiophene rings is 1. The van der Waals surface area contributed by atoms with Gasteiger partial charge >= 0.3 is 0 Å². The van der Waals surface area contributed by atoms with Gasteiger partial charge in [0.15, 0.2) is 0 Å². The first-order valence-electron chi connectivity index (χ1n) is 6.39. The second-order valence-corrected chi connectivity index (χ2v) is 5.83. The van der Waals surface area contributed by atoms with Crippen LogP contribution in [0.15, 0.2) is 18.3 Å². The van der Waals surface area contributed by atoms with Crippen LogP contribution in [0.5, 0.6) is 0 Å². The number of rotatable bonds is 5. The zero-order chi connectivity index (χ0) is 13.1. The normalized spacial score (nSPS) is 12.9. The summed E-state index contributed by atoms with van der Waals surface area (Å²) in [5, 5.41) is 7.73. The molecule has 0 saturated heterocycles. The van der Waals surface area contributed by atoms with Crippen LogP contribution in [0, 0.1) is 6.92 Å². The molecule has 0 aliphatic carbocycles. The summed E-state index contributed by atoms with van der Waals surface area (Å²) in [5.74, 6) is 0. The lowest BCUT2D eigenvalue weighted by Gasteiger charge is -2.15. The van der Waals surface area contributed by atoms with Crippen molar-refractivity contribution in [2.24, 2.45) is 7.05 Å². The van der Waals surface area contributed by atoms with Gasteiger partial charge in [0.2, 0.25) is 0 Å². The van der Waals surface area contributed by atoms with Crippen molar-refractivity contribution >= 4 is 11.3 Å². The Balaban J connectivity index is 2.16. The molecule has 1 N–H and O–H groups in total. The fraction of sp³-hybridized carbons (Fsp3) is 0.500. The molecule has 0 amide bonds. The van der Waals surface area contributed by atoms with Crippen LogP contribution in [0.25, 0.3) is 0 Å². The summed E-state index contributed by atoms with van der Waals surface area (Å²) in [6.07, 6.45) is 4.14. The van der Waals surface area contributed by atoms with Crippen molar-refractivity contribution in [3.05, 3.63) is 39.3 Å². The van der Waals surface area contributed by atoms with Crippen molar-refractivity contribution in [1.82, 2.24) is 15.1 Å². The summed E-state index contributed by atoms with van der Waals surface area (Å²) in [5.41, 5.74) is 2.54. The second kappa shape index (κ2) is 5.67. The quantitative estimate of drug-likeness (QED) is 0.899. The third-order valence-electron chi connectivity index (χ3n) is 3.47. The van der Waals surface area contributed by atoms with Crippen molar-refractivity contribution in [1.29, 1.82) is 0 Å². The van der Waals surface area contributed by atoms with Gasteiger partial charge < -0.3 is 5.32 Å². The minimum absolute atomic E-state index is 0.349. The Morgan fingerprint density at radius 1 is 1.39 bits per heavy atom. The van der Waals surface area contributed by atoms with E-state index < -0.39 is 0 Å². The van der Waals surface area contributed by atoms with Gasteiger partial charge in [0.25, 0.3) is 0 Å². The maximum absolute atomic E-state index is 4.33. The number of nitrogens with one attached hydrogen (secondary N) is 1. The minimum atomic E-state index is 0.349. The fourth-order valence-corrected chi connectivity index (χ4v) is 3.15. The van der Waals surface area contributed by atoms with Crippen LogP contribution >= 0.6 is 11.3 Å². The monoisotopic (exact) mass is 263 g/mol. The van der Waals surface area contributed by atoms with Gasteiger partial charge in [-0.25, -0.2) is 0 Å². The van der Waals surface area contributed by atoms with Crippen molar-refractivity contribution in [3.63, 3.8) is 0 Å². The lowest BCUT2D eigenvalue weighted by Crippen LogP contribution is -2.19. The molecule has 2 aromatic rings. The van der Waals surface area contributed by atoms with E-state index in [4.69, 9.17) is 0 Å². The molecule has 0 radical (unpaired) electrons. The Bertz CT molecular complexity index is 513. The molecule has 2 aromatic heterocycles. The van der Waals surface area contributed by atoms with E-state index in [2.05, 4.69) is 36.4 Å². The average molecular weight is 263 g/mol. The van der Waals surface area contributed by atoms with Gasteiger partial charge in [0.05, 0.1) is 6.20 Å². The number of hydrogen-bond donors (Lipinski definition) is 1. The van der Waals surface area contributed by atoms with Crippen LogP contribution in [0.2, 0.25) is 0 Å². The van der Waals surface area contributed by atoms with E-state index >= 15 is 0 Å². The van der Waals surface area contributed by atoms with Crippen molar-refractivity contribution in [2.45, 2.75) is 32.7 Å². The largest absolute Gasteiger partial charge is 0.313 e. The molecule has 3 nitrogen and oxygen atoms in total. The highest BCUT2D eigenvalue weighted by molar-refractivity contribution is 7.11. The van der Waals surface area contributed by atoms with Gasteiger partial charge in [-0.15, -0.1) is 11.3 Å². The fourth-order valence-electron chi connectivity index (χ4n) is 2.15. The SMILES string of the molecule is CCc1ccc(CC(NC)c2cnn(C)c2C)s1. The van der Waals surface area contributed by atoms with E-state index in [1.165, 1.54) is 21.0 Å². The molecule has 1 atom stereocenters. The predicted molar refractivity (Wildman–Crippen MR) is 77.1 cm³/mol. The van der Waals surface area contributed by atoms with Crippen molar-refractivity contribution in [3.8, 4) is 0 Å². The molecule has 4 heteroatoms. The summed E-state index contributed by atoms with van der Waals surface area (Å²) >= 11 is 1.92. The number of aryl methyl sites for hydroxylation is 2. The molecule has 0 fully saturated rings. The van der Waals surface area contributed by atoms with E-state index in [0.29, 0.717) is 6.04 Å². The molecular weight excluding hydrogens is 242 g/mol. The number of aromatic nitrogens is 2. The molecule has 0 aliphatic heterocycles. The molecule has 0 spiro atoms. The Morgan fingerprint density at radius 3 is 2.61 bits per heavy atom. The molecule has 0 bridgehead atoms. The van der Waals surface area contributed by atoms with Crippen LogP contribution < -0.4 is 5.32 Å². The maximum atomic E-state index is 4.33. The Kier molecular flexibility index (Phi) is 4.19. The number of likely N-dealkylation sites (N-methyl/N-ethyl adjacent to an activating group) is 1. The summed E-state index contributed by atoms with van der Waals surface area (Å²) in [6, 6.07) is 4.84. The third kappa shape index (κ3) is 2.65. The summed E-state index contributed by atoms with van der Waals surface area (Å²) in [7, 11) is 4.01. The Labute approximate surface area is 113 Å². The first-order chi connectivity index (χ1) is 8.65. The number of hydrogen-bond acceptors (Lipinski definition) is 3. The molecule has 98 valence electrons. The minimum Gasteiger partial charge on any atom is -0.313 e. The molecular formula is C14H21N3S. The maximum Gasteiger partial charge on any atom is 0.0540 e. The molecule has 0 aliphatic rings. The van der Waals surface area contributed by atoms with Gasteiger partial charge in [-0.05, 0) is 32.5 Å². The van der Waals surface area contributed by atoms with Crippen LogP contribution in [-0.4, -0.2) is 16.8 Å². The van der Waals surface area contributed by atoms with E-state index in [0.717, 1.165) is 12.8 Å². The molecule has 18 heavy (non-hydrogen) atoms. The molecule has 0 saturated carbocycles. The topological polar surface area (TPSA) is 29.9 Å². The third-order valence-corrected chi connectivity index (χ3v) is 4.72. The van der Waals surface area contributed by atoms with E-state index in [1.807, 2.05) is 36.3 Å². The Hall–Kier alpha value is -1.13. The summed E-state index contributed by atoms with van der Waals surface area (Å²) < 4.78 is 1.94. The summed E-state index contributed by atoms with van der Waals surface area (Å²) in [4.78, 5) is 2.90. The van der Waals surface area contributed by atoms with Gasteiger partial charge in [0, 0.05) is 40.5 Å². The first kappa shape index (κ1) is 13.3. The second-order valence-electron chi connectivity index (χ2n) is 4.58. The van der Waals surface area contributed by atoms with E-state index in [-0.39, 0.29) is 0 Å². The zero-order valence-corrected chi connectivity index (χ0v) is 12.3. The lowest BCUT2D eigenvalue weighted by molar-refractivity contribution is 0.591. The zero-order valence-electron chi connectivity index (χ0n) is 11.5. The molecule has 2 rings (SSSR count). The summed E-state index contributed by atoms with van der Waals surface area (Å²) in [6.45, 7) is 4.33. The average Bonchev–Trinajstić information content (AvgIpc) is 2.96. The molecule has 2 heterocycles. The molecule has 0 aromatic carbocycles. The number of nitrogens with zero attached hydrogens (tertiary/aromatic N) is 2. The van der Waals surface area contributed by atoms with Gasteiger partial charge in [-0.1, -0.05) is 6.92 Å². The molecule has 1 unspecified atom stereocenters. The predicted octanol–water partition coefficient (Wildman–Crippen LogP) is 2.86. The van der Waals surface area contributed by atoms with Crippen LogP contribution in [0.1, 0.15) is 34.0 Å². The van der Waals surface area contributed by atoms with Gasteiger partial charge in [0.1, 0.15) is 0 Å². The van der Waals surface area contributed by atoms with Gasteiger partial charge in [-0.2, -0.15) is 5.10 Å². The van der Waals surface area contributed by atoms with Crippen molar-refractivity contribution < 1.29 is 0 Å². The van der Waals surface area contributed by atoms with Crippen LogP contribution in [-0.2, 0) is 19.9 Å². The van der Waals surface area contributed by atoms with Crippen molar-refractivity contribution in [2.75, 3.05) is 7.05 Å². The first-order valence-corrected chi connectivity index (χ1v) is 7.20. The lowest BCUT2D eigenvalue weighted by atomic mass is 10.0. The van der Waals surface area contributed by atoms with E-state index in [9.17, 15) is 0 Å². The Morgan fingerprint density at radius 2 is 2.11 bits per heavy atom. The van der Waals surface area contributed by atoms with Gasteiger partial charge in [-0.3, -0.25) is 4.68 Å². The van der Waals surface area contributed by atoms with Crippen LogP contribution in [0.4, 0.5) is 0 Å².